The minimum atomic E-state index is -0.131. The summed E-state index contributed by atoms with van der Waals surface area (Å²) in [6.07, 6.45) is 3.03. The van der Waals surface area contributed by atoms with E-state index < -0.39 is 0 Å². The molecule has 6 heteroatoms. The van der Waals surface area contributed by atoms with E-state index in [9.17, 15) is 9.59 Å². The van der Waals surface area contributed by atoms with Gasteiger partial charge in [0, 0.05) is 36.0 Å². The molecule has 0 unspecified atom stereocenters. The van der Waals surface area contributed by atoms with E-state index in [2.05, 4.69) is 29.0 Å². The monoisotopic (exact) mass is 399 g/mol. The van der Waals surface area contributed by atoms with Crippen LogP contribution in [0.4, 0.5) is 0 Å². The van der Waals surface area contributed by atoms with Crippen LogP contribution in [0.3, 0.4) is 0 Å². The summed E-state index contributed by atoms with van der Waals surface area (Å²) in [5.74, 6) is 2.01. The van der Waals surface area contributed by atoms with E-state index in [0.717, 1.165) is 55.7 Å². The lowest BCUT2D eigenvalue weighted by Gasteiger charge is -2.33. The van der Waals surface area contributed by atoms with Crippen LogP contribution in [0.25, 0.3) is 10.9 Å². The van der Waals surface area contributed by atoms with Gasteiger partial charge in [0.25, 0.3) is 5.56 Å². The molecule has 1 fully saturated rings. The van der Waals surface area contributed by atoms with Gasteiger partial charge in [-0.25, -0.2) is 0 Å². The van der Waals surface area contributed by atoms with Crippen molar-refractivity contribution >= 4 is 16.8 Å². The molecule has 0 atom stereocenters. The zero-order valence-corrected chi connectivity index (χ0v) is 17.8. The maximum atomic E-state index is 12.3. The lowest BCUT2D eigenvalue weighted by Crippen LogP contribution is -2.40. The molecule has 1 amide bonds. The Morgan fingerprint density at radius 3 is 2.72 bits per heavy atom. The van der Waals surface area contributed by atoms with Gasteiger partial charge in [-0.05, 0) is 68.5 Å². The molecule has 0 spiro atoms. The Kier molecular flexibility index (Phi) is 7.31. The summed E-state index contributed by atoms with van der Waals surface area (Å²) < 4.78 is 5.25. The molecule has 0 radical (unpaired) electrons. The van der Waals surface area contributed by atoms with Crippen molar-refractivity contribution in [1.29, 1.82) is 0 Å². The number of nitrogens with zero attached hydrogens (tertiary/aromatic N) is 1. The number of hydrogen-bond acceptors (Lipinski definition) is 4. The van der Waals surface area contributed by atoms with Gasteiger partial charge in [0.05, 0.1) is 7.11 Å². The third-order valence-electron chi connectivity index (χ3n) is 5.67. The van der Waals surface area contributed by atoms with Crippen LogP contribution >= 0.6 is 0 Å². The van der Waals surface area contributed by atoms with E-state index in [1.807, 2.05) is 24.3 Å². The van der Waals surface area contributed by atoms with Crippen LogP contribution in [-0.4, -0.2) is 49.1 Å². The summed E-state index contributed by atoms with van der Waals surface area (Å²) in [4.78, 5) is 30.0. The molecule has 0 aliphatic carbocycles. The highest BCUT2D eigenvalue weighted by Gasteiger charge is 2.20. The molecule has 2 N–H and O–H groups in total. The number of ether oxygens (including phenoxy) is 1. The number of rotatable bonds is 8. The molecule has 0 bridgehead atoms. The Morgan fingerprint density at radius 1 is 1.28 bits per heavy atom. The van der Waals surface area contributed by atoms with E-state index in [1.54, 1.807) is 7.11 Å². The zero-order chi connectivity index (χ0) is 20.8. The van der Waals surface area contributed by atoms with Gasteiger partial charge in [-0.15, -0.1) is 0 Å². The fraction of sp³-hybridized carbons (Fsp3) is 0.565. The number of piperidine rings is 1. The van der Waals surface area contributed by atoms with Gasteiger partial charge in [-0.1, -0.05) is 13.8 Å². The molecule has 2 heterocycles. The van der Waals surface area contributed by atoms with Gasteiger partial charge < -0.3 is 19.9 Å². The average molecular weight is 400 g/mol. The van der Waals surface area contributed by atoms with Crippen LogP contribution in [0.15, 0.2) is 29.1 Å². The van der Waals surface area contributed by atoms with Crippen LogP contribution in [0.5, 0.6) is 5.75 Å². The second-order valence-electron chi connectivity index (χ2n) is 8.52. The van der Waals surface area contributed by atoms with E-state index in [4.69, 9.17) is 4.74 Å². The number of carbonyl (C=O) groups excluding carboxylic acids is 1. The van der Waals surface area contributed by atoms with Crippen molar-refractivity contribution < 1.29 is 9.53 Å². The molecule has 158 valence electrons. The zero-order valence-electron chi connectivity index (χ0n) is 17.8. The molecule has 1 aliphatic rings. The number of benzene rings is 1. The predicted molar refractivity (Wildman–Crippen MR) is 116 cm³/mol. The Morgan fingerprint density at radius 2 is 2.03 bits per heavy atom. The summed E-state index contributed by atoms with van der Waals surface area (Å²) in [6, 6.07) is 7.39. The quantitative estimate of drug-likeness (QED) is 0.716. The normalized spacial score (nSPS) is 15.7. The maximum absolute atomic E-state index is 12.3. The van der Waals surface area contributed by atoms with E-state index in [1.165, 1.54) is 0 Å². The van der Waals surface area contributed by atoms with Gasteiger partial charge >= 0.3 is 0 Å². The summed E-state index contributed by atoms with van der Waals surface area (Å²) in [5.41, 5.74) is 1.27. The number of fused-ring (bicyclic) bond motifs is 1. The lowest BCUT2D eigenvalue weighted by molar-refractivity contribution is -0.121. The van der Waals surface area contributed by atoms with Gasteiger partial charge in [-0.3, -0.25) is 9.59 Å². The number of nitrogens with one attached hydrogen (secondary N) is 2. The van der Waals surface area contributed by atoms with E-state index >= 15 is 0 Å². The molecule has 3 rings (SSSR count). The molecule has 29 heavy (non-hydrogen) atoms. The van der Waals surface area contributed by atoms with E-state index in [-0.39, 0.29) is 11.5 Å². The molecule has 0 saturated carbocycles. The summed E-state index contributed by atoms with van der Waals surface area (Å²) >= 11 is 0. The first kappa shape index (κ1) is 21.4. The van der Waals surface area contributed by atoms with Crippen molar-refractivity contribution in [3.8, 4) is 5.75 Å². The number of hydrogen-bond donors (Lipinski definition) is 2. The van der Waals surface area contributed by atoms with Gasteiger partial charge in [0.2, 0.25) is 5.91 Å². The molecule has 1 aromatic heterocycles. The third-order valence-corrected chi connectivity index (χ3v) is 5.67. The molecule has 1 aromatic carbocycles. The number of amides is 1. The molecule has 1 saturated heterocycles. The van der Waals surface area contributed by atoms with Crippen molar-refractivity contribution in [2.24, 2.45) is 11.8 Å². The number of likely N-dealkylation sites (tertiary alicyclic amines) is 1. The number of pyridine rings is 1. The number of H-pyrrole nitrogens is 1. The first-order valence-electron chi connectivity index (χ1n) is 10.6. The second-order valence-corrected chi connectivity index (χ2v) is 8.52. The molecule has 1 aliphatic heterocycles. The highest BCUT2D eigenvalue weighted by atomic mass is 16.5. The van der Waals surface area contributed by atoms with Crippen LogP contribution in [0.2, 0.25) is 0 Å². The Balaban J connectivity index is 1.47. The Hall–Kier alpha value is -2.34. The van der Waals surface area contributed by atoms with Gasteiger partial charge in [0.15, 0.2) is 0 Å². The highest BCUT2D eigenvalue weighted by Crippen LogP contribution is 2.19. The highest BCUT2D eigenvalue weighted by molar-refractivity contribution is 5.81. The largest absolute Gasteiger partial charge is 0.497 e. The molecule has 2 aromatic rings. The fourth-order valence-corrected chi connectivity index (χ4v) is 4.03. The smallest absolute Gasteiger partial charge is 0.251 e. The number of aryl methyl sites for hydroxylation is 1. The topological polar surface area (TPSA) is 74.4 Å². The lowest BCUT2D eigenvalue weighted by atomic mass is 9.96. The Labute approximate surface area is 172 Å². The van der Waals surface area contributed by atoms with Crippen LogP contribution < -0.4 is 15.6 Å². The Bertz CT molecular complexity index is 883. The predicted octanol–water partition coefficient (Wildman–Crippen LogP) is 2.95. The number of methoxy groups -OCH3 is 1. The van der Waals surface area contributed by atoms with Crippen LogP contribution in [0, 0.1) is 11.8 Å². The van der Waals surface area contributed by atoms with Crippen molar-refractivity contribution in [3.63, 3.8) is 0 Å². The van der Waals surface area contributed by atoms with Gasteiger partial charge in [-0.2, -0.15) is 0 Å². The van der Waals surface area contributed by atoms with Gasteiger partial charge in [0.1, 0.15) is 5.75 Å². The minimum absolute atomic E-state index is 0.0137. The summed E-state index contributed by atoms with van der Waals surface area (Å²) in [7, 11) is 1.62. The number of carbonyl (C=O) groups is 1. The summed E-state index contributed by atoms with van der Waals surface area (Å²) in [6.45, 7) is 8.64. The SMILES string of the molecule is COc1ccc2[nH]c(=O)c(CCC(=O)NCC3CCN(CC(C)C)CC3)cc2c1. The second kappa shape index (κ2) is 9.92. The number of aromatic amines is 1. The average Bonchev–Trinajstić information content (AvgIpc) is 2.71. The molecular formula is C23H33N3O3. The minimum Gasteiger partial charge on any atom is -0.497 e. The first-order chi connectivity index (χ1) is 13.9. The fourth-order valence-electron chi connectivity index (χ4n) is 4.03. The van der Waals surface area contributed by atoms with Crippen molar-refractivity contribution in [1.82, 2.24) is 15.2 Å². The van der Waals surface area contributed by atoms with Crippen molar-refractivity contribution in [3.05, 3.63) is 40.2 Å². The molecular weight excluding hydrogens is 366 g/mol. The number of aromatic nitrogens is 1. The van der Waals surface area contributed by atoms with E-state index in [0.29, 0.717) is 30.2 Å². The first-order valence-corrected chi connectivity index (χ1v) is 10.6. The molecule has 6 nitrogen and oxygen atoms in total. The van der Waals surface area contributed by atoms with Crippen molar-refractivity contribution in [2.75, 3.05) is 33.3 Å². The van der Waals surface area contributed by atoms with Crippen molar-refractivity contribution in [2.45, 2.75) is 39.5 Å². The maximum Gasteiger partial charge on any atom is 0.251 e. The standard InChI is InChI=1S/C23H33N3O3/c1-16(2)15-26-10-8-17(9-11-26)14-24-22(27)7-4-18-12-19-13-20(29-3)5-6-21(19)25-23(18)28/h5-6,12-13,16-17H,4,7-11,14-15H2,1-3H3,(H,24,27)(H,25,28). The third kappa shape index (κ3) is 6.07. The van der Waals surface area contributed by atoms with Crippen LogP contribution in [0.1, 0.15) is 38.7 Å². The summed E-state index contributed by atoms with van der Waals surface area (Å²) in [5, 5.41) is 3.97. The van der Waals surface area contributed by atoms with Crippen LogP contribution in [-0.2, 0) is 11.2 Å².